The molecule has 1 fully saturated rings. The van der Waals surface area contributed by atoms with Gasteiger partial charge in [-0.05, 0) is 18.8 Å². The zero-order valence-corrected chi connectivity index (χ0v) is 6.73. The molecule has 1 heterocycles. The van der Waals surface area contributed by atoms with Crippen molar-refractivity contribution in [1.82, 2.24) is 4.98 Å². The first-order valence-electron chi connectivity index (χ1n) is 3.83. The number of aromatic nitrogens is 1. The Labute approximate surface area is 65.1 Å². The Morgan fingerprint density at radius 2 is 2.50 bits per heavy atom. The van der Waals surface area contributed by atoms with Gasteiger partial charge in [-0.25, -0.2) is 4.98 Å². The van der Waals surface area contributed by atoms with E-state index in [1.165, 1.54) is 30.7 Å². The Hall–Kier alpha value is -0.370. The Morgan fingerprint density at radius 3 is 3.10 bits per heavy atom. The Kier molecular flexibility index (Phi) is 1.72. The average Bonchev–Trinajstić information content (AvgIpc) is 2.63. The van der Waals surface area contributed by atoms with E-state index in [9.17, 15) is 0 Å². The van der Waals surface area contributed by atoms with Crippen LogP contribution >= 0.6 is 11.3 Å². The number of hydrogen-bond donors (Lipinski definition) is 0. The van der Waals surface area contributed by atoms with Crippen LogP contribution in [0.25, 0.3) is 0 Å². The van der Waals surface area contributed by atoms with E-state index in [4.69, 9.17) is 0 Å². The first-order valence-corrected chi connectivity index (χ1v) is 4.71. The van der Waals surface area contributed by atoms with Crippen LogP contribution in [0.4, 0.5) is 0 Å². The van der Waals surface area contributed by atoms with Gasteiger partial charge in [0, 0.05) is 11.6 Å². The third-order valence-corrected chi connectivity index (χ3v) is 2.79. The molecule has 1 saturated carbocycles. The quantitative estimate of drug-likeness (QED) is 0.650. The average molecular weight is 153 g/mol. The first kappa shape index (κ1) is 6.35. The molecule has 0 amide bonds. The smallest absolute Gasteiger partial charge is 0.0924 e. The number of rotatable bonds is 3. The highest BCUT2D eigenvalue weighted by Gasteiger charge is 2.20. The summed E-state index contributed by atoms with van der Waals surface area (Å²) in [6.45, 7) is 0. The fourth-order valence-corrected chi connectivity index (χ4v) is 1.75. The molecule has 2 heteroatoms. The van der Waals surface area contributed by atoms with E-state index in [0.29, 0.717) is 0 Å². The van der Waals surface area contributed by atoms with Gasteiger partial charge < -0.3 is 0 Å². The monoisotopic (exact) mass is 153 g/mol. The predicted molar refractivity (Wildman–Crippen MR) is 43.2 cm³/mol. The molecule has 0 saturated heterocycles. The molecule has 10 heavy (non-hydrogen) atoms. The second-order valence-electron chi connectivity index (χ2n) is 2.91. The molecule has 1 aliphatic rings. The number of aryl methyl sites for hydroxylation is 1. The van der Waals surface area contributed by atoms with E-state index >= 15 is 0 Å². The second-order valence-corrected chi connectivity index (χ2v) is 3.89. The molecule has 0 N–H and O–H groups in total. The van der Waals surface area contributed by atoms with Gasteiger partial charge in [0.15, 0.2) is 0 Å². The molecular formula is C8H11NS. The fourth-order valence-electron chi connectivity index (χ4n) is 1.11. The lowest BCUT2D eigenvalue weighted by atomic mass is 10.2. The summed E-state index contributed by atoms with van der Waals surface area (Å²) in [6, 6.07) is 0. The van der Waals surface area contributed by atoms with Gasteiger partial charge in [0.25, 0.3) is 0 Å². The maximum atomic E-state index is 4.23. The number of hydrogen-bond acceptors (Lipinski definition) is 2. The lowest BCUT2D eigenvalue weighted by Crippen LogP contribution is -1.83. The predicted octanol–water partition coefficient (Wildman–Crippen LogP) is 2.49. The Morgan fingerprint density at radius 1 is 1.60 bits per heavy atom. The van der Waals surface area contributed by atoms with Crippen LogP contribution in [0, 0.1) is 5.92 Å². The van der Waals surface area contributed by atoms with Crippen LogP contribution in [0.1, 0.15) is 24.3 Å². The van der Waals surface area contributed by atoms with E-state index in [0.717, 1.165) is 5.92 Å². The highest BCUT2D eigenvalue weighted by atomic mass is 32.1. The van der Waals surface area contributed by atoms with Crippen molar-refractivity contribution in [2.24, 2.45) is 5.92 Å². The van der Waals surface area contributed by atoms with E-state index < -0.39 is 0 Å². The van der Waals surface area contributed by atoms with Crippen molar-refractivity contribution < 1.29 is 0 Å². The van der Waals surface area contributed by atoms with Crippen LogP contribution in [-0.4, -0.2) is 4.98 Å². The minimum absolute atomic E-state index is 1.05. The highest BCUT2D eigenvalue weighted by molar-refractivity contribution is 7.09. The molecule has 1 nitrogen and oxygen atoms in total. The van der Waals surface area contributed by atoms with Crippen LogP contribution in [0.5, 0.6) is 0 Å². The van der Waals surface area contributed by atoms with Crippen molar-refractivity contribution in [3.05, 3.63) is 16.6 Å². The molecule has 0 spiro atoms. The van der Waals surface area contributed by atoms with Gasteiger partial charge in [0.05, 0.1) is 5.01 Å². The van der Waals surface area contributed by atoms with Crippen LogP contribution < -0.4 is 0 Å². The molecule has 2 rings (SSSR count). The molecular weight excluding hydrogens is 142 g/mol. The summed E-state index contributed by atoms with van der Waals surface area (Å²) < 4.78 is 0. The summed E-state index contributed by atoms with van der Waals surface area (Å²) in [5.41, 5.74) is 0. The van der Waals surface area contributed by atoms with E-state index in [2.05, 4.69) is 10.4 Å². The van der Waals surface area contributed by atoms with Gasteiger partial charge in [-0.2, -0.15) is 0 Å². The minimum atomic E-state index is 1.05. The summed E-state index contributed by atoms with van der Waals surface area (Å²) >= 11 is 1.78. The van der Waals surface area contributed by atoms with Gasteiger partial charge in [-0.1, -0.05) is 12.8 Å². The fraction of sp³-hybridized carbons (Fsp3) is 0.625. The topological polar surface area (TPSA) is 12.9 Å². The van der Waals surface area contributed by atoms with Gasteiger partial charge >= 0.3 is 0 Å². The summed E-state index contributed by atoms with van der Waals surface area (Å²) in [4.78, 5) is 4.23. The van der Waals surface area contributed by atoms with Crippen LogP contribution in [-0.2, 0) is 6.42 Å². The largest absolute Gasteiger partial charge is 0.250 e. The van der Waals surface area contributed by atoms with Gasteiger partial charge in [0.1, 0.15) is 0 Å². The van der Waals surface area contributed by atoms with Gasteiger partial charge in [-0.15, -0.1) is 11.3 Å². The van der Waals surface area contributed by atoms with Crippen molar-refractivity contribution in [2.75, 3.05) is 0 Å². The van der Waals surface area contributed by atoms with E-state index in [-0.39, 0.29) is 0 Å². The van der Waals surface area contributed by atoms with Crippen molar-refractivity contribution in [3.63, 3.8) is 0 Å². The minimum Gasteiger partial charge on any atom is -0.250 e. The molecule has 0 aliphatic heterocycles. The molecule has 1 aromatic rings. The van der Waals surface area contributed by atoms with E-state index in [1.54, 1.807) is 11.3 Å². The van der Waals surface area contributed by atoms with Crippen molar-refractivity contribution in [2.45, 2.75) is 25.7 Å². The normalized spacial score (nSPS) is 17.6. The van der Waals surface area contributed by atoms with Crippen molar-refractivity contribution in [3.8, 4) is 0 Å². The lowest BCUT2D eigenvalue weighted by Gasteiger charge is -1.91. The zero-order valence-electron chi connectivity index (χ0n) is 5.92. The van der Waals surface area contributed by atoms with E-state index in [1.807, 2.05) is 6.20 Å². The van der Waals surface area contributed by atoms with Crippen LogP contribution in [0.2, 0.25) is 0 Å². The summed E-state index contributed by atoms with van der Waals surface area (Å²) in [5.74, 6) is 1.05. The molecule has 1 aliphatic carbocycles. The van der Waals surface area contributed by atoms with Crippen molar-refractivity contribution >= 4 is 11.3 Å². The first-order chi connectivity index (χ1) is 4.95. The van der Waals surface area contributed by atoms with Gasteiger partial charge in [-0.3, -0.25) is 0 Å². The molecule has 54 valence electrons. The zero-order chi connectivity index (χ0) is 6.81. The van der Waals surface area contributed by atoms with Crippen LogP contribution in [0.15, 0.2) is 11.6 Å². The summed E-state index contributed by atoms with van der Waals surface area (Å²) in [6.07, 6.45) is 7.40. The molecule has 0 aromatic carbocycles. The molecule has 0 atom stereocenters. The summed E-state index contributed by atoms with van der Waals surface area (Å²) in [5, 5.41) is 3.37. The number of thiazole rings is 1. The van der Waals surface area contributed by atoms with Crippen LogP contribution in [0.3, 0.4) is 0 Å². The third kappa shape index (κ3) is 1.57. The highest BCUT2D eigenvalue weighted by Crippen LogP contribution is 2.33. The lowest BCUT2D eigenvalue weighted by molar-refractivity contribution is 0.723. The Balaban J connectivity index is 1.79. The van der Waals surface area contributed by atoms with Crippen molar-refractivity contribution in [1.29, 1.82) is 0 Å². The standard InChI is InChI=1S/C8H11NS/c1-2-7(1)3-4-8-9-5-6-10-8/h5-7H,1-4H2. The number of nitrogens with zero attached hydrogens (tertiary/aromatic N) is 1. The maximum absolute atomic E-state index is 4.23. The molecule has 0 radical (unpaired) electrons. The van der Waals surface area contributed by atoms with Gasteiger partial charge in [0.2, 0.25) is 0 Å². The SMILES string of the molecule is c1csc(CCC2CC2)n1. The third-order valence-electron chi connectivity index (χ3n) is 1.95. The molecule has 1 aromatic heterocycles. The molecule has 0 bridgehead atoms. The Bertz CT molecular complexity index is 189. The molecule has 0 unspecified atom stereocenters. The second kappa shape index (κ2) is 2.70. The maximum Gasteiger partial charge on any atom is 0.0924 e. The summed E-state index contributed by atoms with van der Waals surface area (Å²) in [7, 11) is 0.